The molecule has 0 aromatic heterocycles. The van der Waals surface area contributed by atoms with Gasteiger partial charge in [-0.25, -0.2) is 9.59 Å². The summed E-state index contributed by atoms with van der Waals surface area (Å²) < 4.78 is 16.0. The summed E-state index contributed by atoms with van der Waals surface area (Å²) >= 11 is 0. The molecule has 0 atom stereocenters. The van der Waals surface area contributed by atoms with Crippen LogP contribution in [0.5, 0.6) is 11.5 Å². The number of esters is 1. The van der Waals surface area contributed by atoms with Crippen LogP contribution >= 0.6 is 0 Å². The summed E-state index contributed by atoms with van der Waals surface area (Å²) in [6.45, 7) is 2.11. The Balaban J connectivity index is 1.76. The van der Waals surface area contributed by atoms with E-state index in [0.29, 0.717) is 22.7 Å². The fourth-order valence-electron chi connectivity index (χ4n) is 2.98. The second-order valence-electron chi connectivity index (χ2n) is 6.96. The number of carbonyl (C=O) groups is 2. The summed E-state index contributed by atoms with van der Waals surface area (Å²) in [7, 11) is 2.88. The zero-order chi connectivity index (χ0) is 23.1. The first kappa shape index (κ1) is 22.6. The molecule has 7 nitrogen and oxygen atoms in total. The molecule has 3 aromatic rings. The van der Waals surface area contributed by atoms with Crippen LogP contribution in [-0.4, -0.2) is 37.5 Å². The molecular weight excluding hydrogens is 410 g/mol. The lowest BCUT2D eigenvalue weighted by Gasteiger charge is -2.12. The zero-order valence-electron chi connectivity index (χ0n) is 18.0. The number of hydrogen-bond donors (Lipinski definition) is 1. The van der Waals surface area contributed by atoms with Gasteiger partial charge in [0.15, 0.2) is 11.5 Å². The van der Waals surface area contributed by atoms with Crippen LogP contribution in [0.3, 0.4) is 0 Å². The maximum Gasteiger partial charge on any atom is 0.337 e. The highest BCUT2D eigenvalue weighted by Gasteiger charge is 2.09. The Morgan fingerprint density at radius 1 is 0.969 bits per heavy atom. The van der Waals surface area contributed by atoms with E-state index in [2.05, 4.69) is 4.99 Å². The van der Waals surface area contributed by atoms with E-state index in [0.717, 1.165) is 16.7 Å². The van der Waals surface area contributed by atoms with Crippen molar-refractivity contribution in [3.05, 3.63) is 88.5 Å². The van der Waals surface area contributed by atoms with E-state index >= 15 is 0 Å². The van der Waals surface area contributed by atoms with E-state index in [9.17, 15) is 9.59 Å². The first-order valence-electron chi connectivity index (χ1n) is 9.77. The Hall–Kier alpha value is -4.13. The number of carbonyl (C=O) groups excluding carboxylic acids is 1. The number of ether oxygens (including phenoxy) is 3. The largest absolute Gasteiger partial charge is 0.493 e. The molecule has 0 saturated heterocycles. The van der Waals surface area contributed by atoms with Gasteiger partial charge in [-0.05, 0) is 66.1 Å². The van der Waals surface area contributed by atoms with Gasteiger partial charge in [0.05, 0.1) is 31.0 Å². The average Bonchev–Trinajstić information content (AvgIpc) is 2.82. The third-order valence-corrected chi connectivity index (χ3v) is 4.74. The third kappa shape index (κ3) is 5.51. The average molecular weight is 433 g/mol. The van der Waals surface area contributed by atoms with Gasteiger partial charge in [-0.15, -0.1) is 0 Å². The SMILES string of the molecule is COC(=O)c1ccc(C)c(N=Cc2ccc(OCc3cccc(C(=O)O)c3)c(OC)c2)c1. The number of aliphatic imine (C=N–C) groups is 1. The Morgan fingerprint density at radius 3 is 2.50 bits per heavy atom. The van der Waals surface area contributed by atoms with Crippen molar-refractivity contribution in [3.8, 4) is 11.5 Å². The van der Waals surface area contributed by atoms with Crippen LogP contribution in [0, 0.1) is 6.92 Å². The molecular formula is C25H23NO6. The minimum absolute atomic E-state index is 0.199. The fourth-order valence-corrected chi connectivity index (χ4v) is 2.98. The maximum atomic E-state index is 11.8. The summed E-state index contributed by atoms with van der Waals surface area (Å²) in [6, 6.07) is 17.1. The van der Waals surface area contributed by atoms with Crippen LogP contribution in [-0.2, 0) is 11.3 Å². The predicted molar refractivity (Wildman–Crippen MR) is 120 cm³/mol. The van der Waals surface area contributed by atoms with Crippen LogP contribution in [0.25, 0.3) is 0 Å². The maximum absolute atomic E-state index is 11.8. The van der Waals surface area contributed by atoms with Gasteiger partial charge in [-0.3, -0.25) is 4.99 Å². The second-order valence-corrected chi connectivity index (χ2v) is 6.96. The lowest BCUT2D eigenvalue weighted by molar-refractivity contribution is 0.0600. The Morgan fingerprint density at radius 2 is 1.78 bits per heavy atom. The van der Waals surface area contributed by atoms with Gasteiger partial charge < -0.3 is 19.3 Å². The highest BCUT2D eigenvalue weighted by molar-refractivity contribution is 5.91. The van der Waals surface area contributed by atoms with Crippen LogP contribution in [0.2, 0.25) is 0 Å². The van der Waals surface area contributed by atoms with E-state index < -0.39 is 11.9 Å². The van der Waals surface area contributed by atoms with E-state index in [4.69, 9.17) is 19.3 Å². The predicted octanol–water partition coefficient (Wildman–Crippen LogP) is 4.82. The number of aryl methyl sites for hydroxylation is 1. The molecule has 0 aliphatic heterocycles. The van der Waals surface area contributed by atoms with Crippen molar-refractivity contribution in [1.82, 2.24) is 0 Å². The molecule has 3 rings (SSSR count). The smallest absolute Gasteiger partial charge is 0.337 e. The van der Waals surface area contributed by atoms with Gasteiger partial charge in [0.1, 0.15) is 6.61 Å². The van der Waals surface area contributed by atoms with Crippen LogP contribution < -0.4 is 9.47 Å². The Labute approximate surface area is 185 Å². The summed E-state index contributed by atoms with van der Waals surface area (Å²) in [4.78, 5) is 27.4. The molecule has 0 bridgehead atoms. The quantitative estimate of drug-likeness (QED) is 0.404. The summed E-state index contributed by atoms with van der Waals surface area (Å²) in [5.41, 5.74) is 3.73. The minimum Gasteiger partial charge on any atom is -0.493 e. The number of carboxylic acid groups (broad SMARTS) is 1. The minimum atomic E-state index is -0.986. The number of hydrogen-bond acceptors (Lipinski definition) is 6. The molecule has 7 heteroatoms. The fraction of sp³-hybridized carbons (Fsp3) is 0.160. The normalized spacial score (nSPS) is 10.7. The first-order valence-corrected chi connectivity index (χ1v) is 9.77. The van der Waals surface area contributed by atoms with Gasteiger partial charge in [0, 0.05) is 6.21 Å². The van der Waals surface area contributed by atoms with Crippen LogP contribution in [0.1, 0.15) is 37.4 Å². The summed E-state index contributed by atoms with van der Waals surface area (Å²) in [5.74, 6) is -0.364. The van der Waals surface area contributed by atoms with Gasteiger partial charge in [-0.2, -0.15) is 0 Å². The molecule has 32 heavy (non-hydrogen) atoms. The van der Waals surface area contributed by atoms with E-state index in [1.54, 1.807) is 48.7 Å². The molecule has 0 radical (unpaired) electrons. The van der Waals surface area contributed by atoms with Crippen LogP contribution in [0.15, 0.2) is 65.7 Å². The number of methoxy groups -OCH3 is 2. The van der Waals surface area contributed by atoms with Crippen molar-refractivity contribution in [2.24, 2.45) is 4.99 Å². The van der Waals surface area contributed by atoms with Crippen molar-refractivity contribution in [2.75, 3.05) is 14.2 Å². The molecule has 0 aliphatic rings. The number of aromatic carboxylic acids is 1. The van der Waals surface area contributed by atoms with Gasteiger partial charge in [0.2, 0.25) is 0 Å². The Bertz CT molecular complexity index is 1170. The van der Waals surface area contributed by atoms with E-state index in [1.165, 1.54) is 20.3 Å². The third-order valence-electron chi connectivity index (χ3n) is 4.74. The van der Waals surface area contributed by atoms with Crippen molar-refractivity contribution < 1.29 is 28.9 Å². The Kier molecular flexibility index (Phi) is 7.23. The van der Waals surface area contributed by atoms with Crippen molar-refractivity contribution in [3.63, 3.8) is 0 Å². The van der Waals surface area contributed by atoms with Gasteiger partial charge >= 0.3 is 11.9 Å². The van der Waals surface area contributed by atoms with Crippen molar-refractivity contribution in [1.29, 1.82) is 0 Å². The molecule has 0 heterocycles. The van der Waals surface area contributed by atoms with E-state index in [-0.39, 0.29) is 12.2 Å². The second kappa shape index (κ2) is 10.3. The number of carboxylic acids is 1. The summed E-state index contributed by atoms with van der Waals surface area (Å²) in [6.07, 6.45) is 1.67. The lowest BCUT2D eigenvalue weighted by atomic mass is 10.1. The number of nitrogens with zero attached hydrogens (tertiary/aromatic N) is 1. The first-order chi connectivity index (χ1) is 15.4. The monoisotopic (exact) mass is 433 g/mol. The lowest BCUT2D eigenvalue weighted by Crippen LogP contribution is -2.01. The van der Waals surface area contributed by atoms with Crippen molar-refractivity contribution in [2.45, 2.75) is 13.5 Å². The van der Waals surface area contributed by atoms with Crippen molar-refractivity contribution >= 4 is 23.8 Å². The molecule has 1 N–H and O–H groups in total. The highest BCUT2D eigenvalue weighted by Crippen LogP contribution is 2.29. The molecule has 0 unspecified atom stereocenters. The topological polar surface area (TPSA) is 94.4 Å². The van der Waals surface area contributed by atoms with Gasteiger partial charge in [0.25, 0.3) is 0 Å². The summed E-state index contributed by atoms with van der Waals surface area (Å²) in [5, 5.41) is 9.12. The molecule has 0 spiro atoms. The number of benzene rings is 3. The molecule has 164 valence electrons. The van der Waals surface area contributed by atoms with Gasteiger partial charge in [-0.1, -0.05) is 18.2 Å². The molecule has 3 aromatic carbocycles. The van der Waals surface area contributed by atoms with E-state index in [1.807, 2.05) is 19.1 Å². The standard InChI is InChI=1S/C25H23NO6/c1-16-7-9-20(25(29)31-3)13-21(16)26-14-17-8-10-22(23(12-17)30-2)32-15-18-5-4-6-19(11-18)24(27)28/h4-14H,15H2,1-3H3,(H,27,28). The zero-order valence-corrected chi connectivity index (χ0v) is 18.0. The number of rotatable bonds is 8. The van der Waals surface area contributed by atoms with Crippen LogP contribution in [0.4, 0.5) is 5.69 Å². The molecule has 0 aliphatic carbocycles. The molecule has 0 saturated carbocycles. The molecule has 0 amide bonds. The molecule has 0 fully saturated rings. The highest BCUT2D eigenvalue weighted by atomic mass is 16.5.